The lowest BCUT2D eigenvalue weighted by molar-refractivity contribution is 0.0878. The van der Waals surface area contributed by atoms with Crippen LogP contribution < -0.4 is 5.32 Å². The molecule has 1 amide bonds. The summed E-state index contributed by atoms with van der Waals surface area (Å²) in [4.78, 5) is 11.8. The minimum absolute atomic E-state index is 0.291. The van der Waals surface area contributed by atoms with E-state index in [9.17, 15) is 4.79 Å². The molecule has 0 unspecified atom stereocenters. The largest absolute Gasteiger partial charge is 0.394 e. The Kier molecular flexibility index (Phi) is 4.03. The summed E-state index contributed by atoms with van der Waals surface area (Å²) >= 11 is 0. The second-order valence-electron chi connectivity index (χ2n) is 3.70. The molecule has 0 aliphatic heterocycles. The van der Waals surface area contributed by atoms with Crippen molar-refractivity contribution in [3.05, 3.63) is 17.0 Å². The molecule has 1 rings (SSSR count). The van der Waals surface area contributed by atoms with E-state index in [2.05, 4.69) is 10.4 Å². The molecule has 0 aliphatic carbocycles. The summed E-state index contributed by atoms with van der Waals surface area (Å²) in [5, 5.41) is 24.4. The van der Waals surface area contributed by atoms with E-state index < -0.39 is 6.04 Å². The van der Waals surface area contributed by atoms with Crippen molar-refractivity contribution < 1.29 is 15.0 Å². The highest BCUT2D eigenvalue weighted by Crippen LogP contribution is 2.11. The lowest BCUT2D eigenvalue weighted by atomic mass is 10.1. The summed E-state index contributed by atoms with van der Waals surface area (Å²) in [5.41, 5.74) is 1.88. The van der Waals surface area contributed by atoms with Gasteiger partial charge in [0.25, 0.3) is 5.91 Å². The summed E-state index contributed by atoms with van der Waals surface area (Å²) < 4.78 is 1.62. The quantitative estimate of drug-likeness (QED) is 0.623. The summed E-state index contributed by atoms with van der Waals surface area (Å²) in [5.74, 6) is -0.323. The van der Waals surface area contributed by atoms with Gasteiger partial charge in [-0.3, -0.25) is 9.48 Å². The van der Waals surface area contributed by atoms with Gasteiger partial charge in [-0.25, -0.2) is 0 Å². The van der Waals surface area contributed by atoms with Crippen LogP contribution in [0.5, 0.6) is 0 Å². The number of aliphatic hydroxyl groups is 2. The van der Waals surface area contributed by atoms with Crippen LogP contribution in [-0.2, 0) is 7.05 Å². The fourth-order valence-corrected chi connectivity index (χ4v) is 1.51. The first-order valence-corrected chi connectivity index (χ1v) is 5.04. The molecule has 0 saturated heterocycles. The standard InChI is InChI=1S/C10H17N3O3/c1-6-9(7(2)13(3)12-6)10(16)11-8(4-14)5-15/h8,14-15H,4-5H2,1-3H3,(H,11,16). The van der Waals surface area contributed by atoms with Gasteiger partial charge >= 0.3 is 0 Å². The zero-order valence-corrected chi connectivity index (χ0v) is 9.69. The number of aryl methyl sites for hydroxylation is 2. The Bertz CT molecular complexity index is 383. The molecule has 1 aromatic heterocycles. The molecular weight excluding hydrogens is 210 g/mol. The van der Waals surface area contributed by atoms with Crippen LogP contribution in [-0.4, -0.2) is 45.2 Å². The van der Waals surface area contributed by atoms with Crippen molar-refractivity contribution in [3.63, 3.8) is 0 Å². The molecule has 1 aromatic rings. The number of nitrogens with zero attached hydrogens (tertiary/aromatic N) is 2. The van der Waals surface area contributed by atoms with Crippen LogP contribution in [0.4, 0.5) is 0 Å². The van der Waals surface area contributed by atoms with Crippen molar-refractivity contribution in [2.75, 3.05) is 13.2 Å². The molecule has 6 nitrogen and oxygen atoms in total. The van der Waals surface area contributed by atoms with Gasteiger partial charge in [-0.1, -0.05) is 0 Å². The normalized spacial score (nSPS) is 10.9. The molecule has 0 aliphatic rings. The number of aromatic nitrogens is 2. The van der Waals surface area contributed by atoms with Crippen LogP contribution in [0.15, 0.2) is 0 Å². The van der Waals surface area contributed by atoms with Crippen molar-refractivity contribution in [2.24, 2.45) is 7.05 Å². The maximum absolute atomic E-state index is 11.8. The third-order valence-corrected chi connectivity index (χ3v) is 2.51. The maximum Gasteiger partial charge on any atom is 0.255 e. The lowest BCUT2D eigenvalue weighted by Gasteiger charge is -2.13. The van der Waals surface area contributed by atoms with Gasteiger partial charge in [-0.2, -0.15) is 5.10 Å². The Morgan fingerprint density at radius 2 is 2.00 bits per heavy atom. The Balaban J connectivity index is 2.88. The molecule has 0 radical (unpaired) electrons. The first-order chi connectivity index (χ1) is 7.51. The molecule has 1 heterocycles. The number of nitrogens with one attached hydrogen (secondary N) is 1. The number of carbonyl (C=O) groups is 1. The van der Waals surface area contributed by atoms with E-state index in [1.165, 1.54) is 0 Å². The predicted molar refractivity (Wildman–Crippen MR) is 58.1 cm³/mol. The SMILES string of the molecule is Cc1nn(C)c(C)c1C(=O)NC(CO)CO. The van der Waals surface area contributed by atoms with Gasteiger partial charge in [0.05, 0.1) is 30.5 Å². The van der Waals surface area contributed by atoms with Crippen LogP contribution in [0.1, 0.15) is 21.7 Å². The average molecular weight is 227 g/mol. The molecule has 90 valence electrons. The van der Waals surface area contributed by atoms with Crippen molar-refractivity contribution in [1.29, 1.82) is 0 Å². The first kappa shape index (κ1) is 12.7. The number of aliphatic hydroxyl groups excluding tert-OH is 2. The molecule has 0 aromatic carbocycles. The summed E-state index contributed by atoms with van der Waals surface area (Å²) in [6, 6.07) is -0.633. The number of rotatable bonds is 4. The smallest absolute Gasteiger partial charge is 0.255 e. The highest BCUT2D eigenvalue weighted by atomic mass is 16.3. The van der Waals surface area contributed by atoms with E-state index in [0.29, 0.717) is 11.3 Å². The summed E-state index contributed by atoms with van der Waals surface area (Å²) in [6.07, 6.45) is 0. The van der Waals surface area contributed by atoms with E-state index in [-0.39, 0.29) is 19.1 Å². The average Bonchev–Trinajstić information content (AvgIpc) is 2.49. The van der Waals surface area contributed by atoms with Crippen molar-refractivity contribution in [2.45, 2.75) is 19.9 Å². The van der Waals surface area contributed by atoms with Crippen LogP contribution in [0.3, 0.4) is 0 Å². The van der Waals surface area contributed by atoms with Gasteiger partial charge in [-0.15, -0.1) is 0 Å². The van der Waals surface area contributed by atoms with E-state index in [0.717, 1.165) is 5.69 Å². The topological polar surface area (TPSA) is 87.4 Å². The van der Waals surface area contributed by atoms with Crippen LogP contribution in [0.2, 0.25) is 0 Å². The van der Waals surface area contributed by atoms with Crippen LogP contribution in [0, 0.1) is 13.8 Å². The molecular formula is C10H17N3O3. The zero-order chi connectivity index (χ0) is 12.3. The highest BCUT2D eigenvalue weighted by molar-refractivity contribution is 5.96. The molecule has 0 spiro atoms. The van der Waals surface area contributed by atoms with Gasteiger partial charge in [0.1, 0.15) is 0 Å². The minimum Gasteiger partial charge on any atom is -0.394 e. The monoisotopic (exact) mass is 227 g/mol. The number of amides is 1. The second-order valence-corrected chi connectivity index (χ2v) is 3.70. The van der Waals surface area contributed by atoms with Crippen molar-refractivity contribution in [1.82, 2.24) is 15.1 Å². The van der Waals surface area contributed by atoms with E-state index >= 15 is 0 Å². The number of hydrogen-bond acceptors (Lipinski definition) is 4. The minimum atomic E-state index is -0.633. The van der Waals surface area contributed by atoms with Gasteiger partial charge in [0.15, 0.2) is 0 Å². The Hall–Kier alpha value is -1.40. The summed E-state index contributed by atoms with van der Waals surface area (Å²) in [7, 11) is 1.76. The Labute approximate surface area is 93.9 Å². The number of carbonyl (C=O) groups excluding carboxylic acids is 1. The van der Waals surface area contributed by atoms with Gasteiger partial charge in [0.2, 0.25) is 0 Å². The maximum atomic E-state index is 11.8. The fraction of sp³-hybridized carbons (Fsp3) is 0.600. The van der Waals surface area contributed by atoms with Gasteiger partial charge in [-0.05, 0) is 13.8 Å². The Morgan fingerprint density at radius 1 is 1.44 bits per heavy atom. The molecule has 0 bridgehead atoms. The lowest BCUT2D eigenvalue weighted by Crippen LogP contribution is -2.40. The zero-order valence-electron chi connectivity index (χ0n) is 9.69. The molecule has 3 N–H and O–H groups in total. The third kappa shape index (κ3) is 2.40. The molecule has 16 heavy (non-hydrogen) atoms. The van der Waals surface area contributed by atoms with Crippen molar-refractivity contribution >= 4 is 5.91 Å². The van der Waals surface area contributed by atoms with E-state index in [1.54, 1.807) is 25.6 Å². The third-order valence-electron chi connectivity index (χ3n) is 2.51. The molecule has 0 atom stereocenters. The fourth-order valence-electron chi connectivity index (χ4n) is 1.51. The highest BCUT2D eigenvalue weighted by Gasteiger charge is 2.19. The van der Waals surface area contributed by atoms with Gasteiger partial charge < -0.3 is 15.5 Å². The van der Waals surface area contributed by atoms with E-state index in [1.807, 2.05) is 0 Å². The number of hydrogen-bond donors (Lipinski definition) is 3. The summed E-state index contributed by atoms with van der Waals surface area (Å²) in [6.45, 7) is 2.96. The van der Waals surface area contributed by atoms with Crippen LogP contribution in [0.25, 0.3) is 0 Å². The second kappa shape index (κ2) is 5.09. The van der Waals surface area contributed by atoms with Gasteiger partial charge in [0, 0.05) is 12.7 Å². The van der Waals surface area contributed by atoms with Crippen LogP contribution >= 0.6 is 0 Å². The molecule has 6 heteroatoms. The Morgan fingerprint density at radius 3 is 2.38 bits per heavy atom. The predicted octanol–water partition coefficient (Wildman–Crippen LogP) is -0.880. The van der Waals surface area contributed by atoms with Crippen molar-refractivity contribution in [3.8, 4) is 0 Å². The molecule has 0 saturated carbocycles. The first-order valence-electron chi connectivity index (χ1n) is 5.04. The molecule has 0 fully saturated rings. The van der Waals surface area contributed by atoms with E-state index in [4.69, 9.17) is 10.2 Å².